The van der Waals surface area contributed by atoms with Crippen LogP contribution in [0.2, 0.25) is 0 Å². The van der Waals surface area contributed by atoms with Gasteiger partial charge in [0.1, 0.15) is 11.6 Å². The Morgan fingerprint density at radius 3 is 2.89 bits per heavy atom. The molecule has 0 radical (unpaired) electrons. The maximum absolute atomic E-state index is 13.8. The number of halogens is 2. The molecule has 2 rings (SSSR count). The van der Waals surface area contributed by atoms with Gasteiger partial charge in [0.05, 0.1) is 16.3 Å². The smallest absolute Gasteiger partial charge is 0.254 e. The quantitative estimate of drug-likeness (QED) is 0.934. The number of nitrogens with one attached hydrogen (secondary N) is 1. The third-order valence-electron chi connectivity index (χ3n) is 2.66. The van der Waals surface area contributed by atoms with E-state index in [1.54, 1.807) is 24.5 Å². The zero-order valence-corrected chi connectivity index (χ0v) is 11.9. The summed E-state index contributed by atoms with van der Waals surface area (Å²) in [5, 5.41) is 2.74. The van der Waals surface area contributed by atoms with Crippen LogP contribution in [0.3, 0.4) is 0 Å². The SMILES string of the molecule is CC(Cc1ccco1)NC(=O)c1cccc(Br)c1F. The molecule has 1 aromatic heterocycles. The summed E-state index contributed by atoms with van der Waals surface area (Å²) < 4.78 is 19.2. The van der Waals surface area contributed by atoms with Gasteiger partial charge in [0.15, 0.2) is 0 Å². The van der Waals surface area contributed by atoms with E-state index in [-0.39, 0.29) is 16.1 Å². The van der Waals surface area contributed by atoms with Crippen LogP contribution >= 0.6 is 15.9 Å². The number of rotatable bonds is 4. The highest BCUT2D eigenvalue weighted by Gasteiger charge is 2.16. The van der Waals surface area contributed by atoms with Crippen molar-refractivity contribution >= 4 is 21.8 Å². The maximum Gasteiger partial charge on any atom is 0.254 e. The summed E-state index contributed by atoms with van der Waals surface area (Å²) in [6, 6.07) is 8.12. The van der Waals surface area contributed by atoms with Gasteiger partial charge < -0.3 is 9.73 Å². The number of carbonyl (C=O) groups is 1. The van der Waals surface area contributed by atoms with Crippen molar-refractivity contribution in [3.8, 4) is 0 Å². The van der Waals surface area contributed by atoms with Gasteiger partial charge in [-0.25, -0.2) is 4.39 Å². The summed E-state index contributed by atoms with van der Waals surface area (Å²) >= 11 is 3.06. The van der Waals surface area contributed by atoms with Gasteiger partial charge >= 0.3 is 0 Å². The molecule has 100 valence electrons. The third kappa shape index (κ3) is 3.44. The normalized spacial score (nSPS) is 12.2. The number of amides is 1. The van der Waals surface area contributed by atoms with E-state index >= 15 is 0 Å². The summed E-state index contributed by atoms with van der Waals surface area (Å²) in [6.45, 7) is 1.84. The van der Waals surface area contributed by atoms with Crippen LogP contribution in [0, 0.1) is 5.82 Å². The van der Waals surface area contributed by atoms with Crippen LogP contribution in [-0.4, -0.2) is 11.9 Å². The predicted octanol–water partition coefficient (Wildman–Crippen LogP) is 3.54. The predicted molar refractivity (Wildman–Crippen MR) is 73.4 cm³/mol. The van der Waals surface area contributed by atoms with Crippen LogP contribution in [0.4, 0.5) is 4.39 Å². The van der Waals surface area contributed by atoms with Gasteiger partial charge in [-0.1, -0.05) is 6.07 Å². The van der Waals surface area contributed by atoms with Gasteiger partial charge in [0.25, 0.3) is 5.91 Å². The highest BCUT2D eigenvalue weighted by atomic mass is 79.9. The van der Waals surface area contributed by atoms with Gasteiger partial charge in [0, 0.05) is 12.5 Å². The van der Waals surface area contributed by atoms with E-state index < -0.39 is 11.7 Å². The summed E-state index contributed by atoms with van der Waals surface area (Å²) in [5.41, 5.74) is 0.0284. The summed E-state index contributed by atoms with van der Waals surface area (Å²) in [5.74, 6) is -0.203. The number of furan rings is 1. The fourth-order valence-electron chi connectivity index (χ4n) is 1.76. The number of benzene rings is 1. The number of hydrogen-bond acceptors (Lipinski definition) is 2. The Labute approximate surface area is 118 Å². The Bertz CT molecular complexity index is 569. The zero-order chi connectivity index (χ0) is 13.8. The van der Waals surface area contributed by atoms with Gasteiger partial charge in [-0.3, -0.25) is 4.79 Å². The summed E-state index contributed by atoms with van der Waals surface area (Å²) in [6.07, 6.45) is 2.15. The van der Waals surface area contributed by atoms with E-state index in [9.17, 15) is 9.18 Å². The highest BCUT2D eigenvalue weighted by Crippen LogP contribution is 2.18. The molecular formula is C14H13BrFNO2. The zero-order valence-electron chi connectivity index (χ0n) is 10.3. The van der Waals surface area contributed by atoms with Crippen LogP contribution in [0.5, 0.6) is 0 Å². The molecule has 0 aliphatic heterocycles. The van der Waals surface area contributed by atoms with E-state index in [0.717, 1.165) is 5.76 Å². The van der Waals surface area contributed by atoms with Gasteiger partial charge in [-0.15, -0.1) is 0 Å². The summed E-state index contributed by atoms with van der Waals surface area (Å²) in [7, 11) is 0. The first kappa shape index (κ1) is 13.8. The molecule has 0 saturated heterocycles. The lowest BCUT2D eigenvalue weighted by Gasteiger charge is -2.13. The maximum atomic E-state index is 13.8. The van der Waals surface area contributed by atoms with Gasteiger partial charge in [-0.2, -0.15) is 0 Å². The Hall–Kier alpha value is -1.62. The Balaban J connectivity index is 2.02. The second kappa shape index (κ2) is 6.02. The molecule has 0 spiro atoms. The molecule has 1 aromatic carbocycles. The molecule has 1 unspecified atom stereocenters. The Morgan fingerprint density at radius 2 is 2.21 bits per heavy atom. The Kier molecular flexibility index (Phi) is 4.37. The van der Waals surface area contributed by atoms with Crippen molar-refractivity contribution in [3.63, 3.8) is 0 Å². The average Bonchev–Trinajstić information content (AvgIpc) is 2.85. The topological polar surface area (TPSA) is 42.2 Å². The lowest BCUT2D eigenvalue weighted by Crippen LogP contribution is -2.34. The van der Waals surface area contributed by atoms with Crippen molar-refractivity contribution in [1.29, 1.82) is 0 Å². The summed E-state index contributed by atoms with van der Waals surface area (Å²) in [4.78, 5) is 12.0. The molecule has 0 fully saturated rings. The highest BCUT2D eigenvalue weighted by molar-refractivity contribution is 9.10. The third-order valence-corrected chi connectivity index (χ3v) is 3.27. The van der Waals surface area contributed by atoms with E-state index in [1.165, 1.54) is 6.07 Å². The van der Waals surface area contributed by atoms with Gasteiger partial charge in [0.2, 0.25) is 0 Å². The van der Waals surface area contributed by atoms with Crippen LogP contribution < -0.4 is 5.32 Å². The molecule has 1 heterocycles. The molecule has 0 saturated carbocycles. The van der Waals surface area contributed by atoms with Crippen molar-refractivity contribution in [2.24, 2.45) is 0 Å². The van der Waals surface area contributed by atoms with Crippen molar-refractivity contribution in [2.75, 3.05) is 0 Å². The molecule has 1 atom stereocenters. The van der Waals surface area contributed by atoms with Crippen molar-refractivity contribution < 1.29 is 13.6 Å². The van der Waals surface area contributed by atoms with Crippen LogP contribution in [0.25, 0.3) is 0 Å². The van der Waals surface area contributed by atoms with Crippen LogP contribution in [-0.2, 0) is 6.42 Å². The number of hydrogen-bond donors (Lipinski definition) is 1. The molecule has 5 heteroatoms. The molecular weight excluding hydrogens is 313 g/mol. The first-order chi connectivity index (χ1) is 9.08. The molecule has 0 aliphatic rings. The minimum atomic E-state index is -0.551. The van der Waals surface area contributed by atoms with Crippen molar-refractivity contribution in [2.45, 2.75) is 19.4 Å². The second-order valence-corrected chi connectivity index (χ2v) is 5.11. The van der Waals surface area contributed by atoms with Crippen LogP contribution in [0.15, 0.2) is 45.5 Å². The first-order valence-electron chi connectivity index (χ1n) is 5.85. The number of carbonyl (C=O) groups excluding carboxylic acids is 1. The van der Waals surface area contributed by atoms with E-state index in [0.29, 0.717) is 6.42 Å². The molecule has 3 nitrogen and oxygen atoms in total. The molecule has 19 heavy (non-hydrogen) atoms. The fraction of sp³-hybridized carbons (Fsp3) is 0.214. The largest absolute Gasteiger partial charge is 0.469 e. The molecule has 1 amide bonds. The fourth-order valence-corrected chi connectivity index (χ4v) is 2.13. The van der Waals surface area contributed by atoms with E-state index in [2.05, 4.69) is 21.2 Å². The molecule has 1 N–H and O–H groups in total. The lowest BCUT2D eigenvalue weighted by molar-refractivity contribution is 0.0935. The second-order valence-electron chi connectivity index (χ2n) is 4.26. The van der Waals surface area contributed by atoms with Crippen molar-refractivity contribution in [1.82, 2.24) is 5.32 Å². The van der Waals surface area contributed by atoms with Crippen LogP contribution in [0.1, 0.15) is 23.0 Å². The minimum absolute atomic E-state index is 0.0284. The monoisotopic (exact) mass is 325 g/mol. The van der Waals surface area contributed by atoms with Gasteiger partial charge in [-0.05, 0) is 47.1 Å². The molecule has 0 aliphatic carbocycles. The average molecular weight is 326 g/mol. The van der Waals surface area contributed by atoms with Crippen molar-refractivity contribution in [3.05, 3.63) is 58.2 Å². The Morgan fingerprint density at radius 1 is 1.42 bits per heavy atom. The molecule has 2 aromatic rings. The first-order valence-corrected chi connectivity index (χ1v) is 6.64. The van der Waals surface area contributed by atoms with E-state index in [4.69, 9.17) is 4.42 Å². The molecule has 0 bridgehead atoms. The van der Waals surface area contributed by atoms with E-state index in [1.807, 2.05) is 13.0 Å². The standard InChI is InChI=1S/C14H13BrFNO2/c1-9(8-10-4-3-7-19-10)17-14(18)11-5-2-6-12(15)13(11)16/h2-7,9H,8H2,1H3,(H,17,18). The lowest BCUT2D eigenvalue weighted by atomic mass is 10.1. The minimum Gasteiger partial charge on any atom is -0.469 e.